The summed E-state index contributed by atoms with van der Waals surface area (Å²) >= 11 is 0. The number of nitrogens with zero attached hydrogens (tertiary/aromatic N) is 2. The number of hydrogen-bond donors (Lipinski definition) is 1. The molecular weight excluding hydrogens is 226 g/mol. The third kappa shape index (κ3) is 4.37. The van der Waals surface area contributed by atoms with Crippen LogP contribution in [-0.4, -0.2) is 70.2 Å². The van der Waals surface area contributed by atoms with Gasteiger partial charge in [0.15, 0.2) is 0 Å². The Balaban J connectivity index is 2.25. The van der Waals surface area contributed by atoms with Gasteiger partial charge in [0.05, 0.1) is 5.75 Å². The van der Waals surface area contributed by atoms with Crippen molar-refractivity contribution in [2.75, 3.05) is 46.5 Å². The fourth-order valence-electron chi connectivity index (χ4n) is 1.91. The number of hydrogen-bond acceptors (Lipinski definition) is 4. The van der Waals surface area contributed by atoms with E-state index < -0.39 is 10.0 Å². The van der Waals surface area contributed by atoms with Crippen molar-refractivity contribution >= 4 is 10.0 Å². The molecule has 1 N–H and O–H groups in total. The monoisotopic (exact) mass is 249 g/mol. The highest BCUT2D eigenvalue weighted by Crippen LogP contribution is 2.07. The van der Waals surface area contributed by atoms with Gasteiger partial charge in [0, 0.05) is 33.2 Å². The Morgan fingerprint density at radius 2 is 2.12 bits per heavy atom. The van der Waals surface area contributed by atoms with Gasteiger partial charge in [0.25, 0.3) is 0 Å². The molecule has 1 fully saturated rings. The molecule has 96 valence electrons. The Labute approximate surface area is 98.8 Å². The summed E-state index contributed by atoms with van der Waals surface area (Å²) in [5.74, 6) is 0.181. The number of likely N-dealkylation sites (N-methyl/N-ethyl adjacent to an activating group) is 1. The molecule has 0 bridgehead atoms. The molecule has 0 radical (unpaired) electrons. The average molecular weight is 249 g/mol. The van der Waals surface area contributed by atoms with E-state index in [1.54, 1.807) is 14.1 Å². The summed E-state index contributed by atoms with van der Waals surface area (Å²) in [4.78, 5) is 2.28. The Morgan fingerprint density at radius 3 is 2.69 bits per heavy atom. The maximum atomic E-state index is 11.5. The molecule has 0 spiro atoms. The van der Waals surface area contributed by atoms with E-state index in [0.717, 1.165) is 19.5 Å². The molecule has 0 aromatic carbocycles. The van der Waals surface area contributed by atoms with Crippen LogP contribution in [0.5, 0.6) is 0 Å². The molecule has 0 aromatic heterocycles. The normalized spacial score (nSPS) is 23.9. The van der Waals surface area contributed by atoms with Crippen LogP contribution < -0.4 is 5.32 Å². The van der Waals surface area contributed by atoms with Gasteiger partial charge in [-0.15, -0.1) is 0 Å². The van der Waals surface area contributed by atoms with E-state index in [1.165, 1.54) is 10.7 Å². The Morgan fingerprint density at radius 1 is 1.44 bits per heavy atom. The van der Waals surface area contributed by atoms with Crippen LogP contribution >= 0.6 is 0 Å². The summed E-state index contributed by atoms with van der Waals surface area (Å²) in [6.45, 7) is 2.70. The number of rotatable bonds is 5. The van der Waals surface area contributed by atoms with E-state index in [1.807, 2.05) is 0 Å². The maximum Gasteiger partial charge on any atom is 0.214 e. The molecule has 1 aliphatic heterocycles. The Kier molecular flexibility index (Phi) is 5.17. The van der Waals surface area contributed by atoms with Crippen molar-refractivity contribution in [2.24, 2.45) is 0 Å². The molecule has 1 saturated heterocycles. The Hall–Kier alpha value is -0.170. The standard InChI is InChI=1S/C10H23N3O2S/c1-12(2)16(14,15)8-6-11-10-5-4-7-13(3)9-10/h10-11H,4-9H2,1-3H3. The molecule has 1 unspecified atom stereocenters. The van der Waals surface area contributed by atoms with Gasteiger partial charge >= 0.3 is 0 Å². The topological polar surface area (TPSA) is 52.7 Å². The fraction of sp³-hybridized carbons (Fsp3) is 1.00. The second-order valence-corrected chi connectivity index (χ2v) is 6.96. The zero-order valence-electron chi connectivity index (χ0n) is 10.4. The zero-order chi connectivity index (χ0) is 12.2. The third-order valence-corrected chi connectivity index (χ3v) is 4.81. The highest BCUT2D eigenvalue weighted by Gasteiger charge is 2.18. The molecule has 0 amide bonds. The van der Waals surface area contributed by atoms with E-state index in [-0.39, 0.29) is 5.75 Å². The lowest BCUT2D eigenvalue weighted by molar-refractivity contribution is 0.229. The molecule has 1 heterocycles. The number of likely N-dealkylation sites (tertiary alicyclic amines) is 1. The molecule has 0 aliphatic carbocycles. The molecule has 16 heavy (non-hydrogen) atoms. The lowest BCUT2D eigenvalue weighted by atomic mass is 10.1. The lowest BCUT2D eigenvalue weighted by Gasteiger charge is -2.30. The second kappa shape index (κ2) is 5.95. The largest absolute Gasteiger partial charge is 0.312 e. The van der Waals surface area contributed by atoms with Crippen molar-refractivity contribution in [3.05, 3.63) is 0 Å². The minimum absolute atomic E-state index is 0.181. The van der Waals surface area contributed by atoms with Crippen LogP contribution in [0.3, 0.4) is 0 Å². The van der Waals surface area contributed by atoms with Gasteiger partial charge in [0.1, 0.15) is 0 Å². The van der Waals surface area contributed by atoms with Crippen molar-refractivity contribution in [3.8, 4) is 0 Å². The van der Waals surface area contributed by atoms with Gasteiger partial charge in [-0.1, -0.05) is 0 Å². The molecule has 1 aliphatic rings. The van der Waals surface area contributed by atoms with Crippen LogP contribution in [0.2, 0.25) is 0 Å². The summed E-state index contributed by atoms with van der Waals surface area (Å²) < 4.78 is 24.3. The van der Waals surface area contributed by atoms with Crippen molar-refractivity contribution in [2.45, 2.75) is 18.9 Å². The predicted octanol–water partition coefficient (Wildman–Crippen LogP) is -0.438. The van der Waals surface area contributed by atoms with Crippen LogP contribution in [0.25, 0.3) is 0 Å². The highest BCUT2D eigenvalue weighted by atomic mass is 32.2. The third-order valence-electron chi connectivity index (χ3n) is 2.97. The van der Waals surface area contributed by atoms with Crippen molar-refractivity contribution < 1.29 is 8.42 Å². The lowest BCUT2D eigenvalue weighted by Crippen LogP contribution is -2.45. The minimum Gasteiger partial charge on any atom is -0.312 e. The molecular formula is C10H23N3O2S. The molecule has 1 atom stereocenters. The van der Waals surface area contributed by atoms with Crippen LogP contribution in [0.4, 0.5) is 0 Å². The SMILES string of the molecule is CN1CCCC(NCCS(=O)(=O)N(C)C)C1. The first-order chi connectivity index (χ1) is 7.42. The van der Waals surface area contributed by atoms with E-state index in [0.29, 0.717) is 12.6 Å². The zero-order valence-corrected chi connectivity index (χ0v) is 11.3. The maximum absolute atomic E-state index is 11.5. The second-order valence-electron chi connectivity index (χ2n) is 4.65. The van der Waals surface area contributed by atoms with Crippen LogP contribution in [-0.2, 0) is 10.0 Å². The molecule has 6 heteroatoms. The number of piperidine rings is 1. The van der Waals surface area contributed by atoms with E-state index in [4.69, 9.17) is 0 Å². The van der Waals surface area contributed by atoms with Crippen molar-refractivity contribution in [1.29, 1.82) is 0 Å². The van der Waals surface area contributed by atoms with E-state index in [2.05, 4.69) is 17.3 Å². The first-order valence-corrected chi connectivity index (χ1v) is 7.35. The molecule has 1 rings (SSSR count). The van der Waals surface area contributed by atoms with Crippen LogP contribution in [0.15, 0.2) is 0 Å². The van der Waals surface area contributed by atoms with Gasteiger partial charge in [-0.25, -0.2) is 12.7 Å². The van der Waals surface area contributed by atoms with Crippen molar-refractivity contribution in [1.82, 2.24) is 14.5 Å². The highest BCUT2D eigenvalue weighted by molar-refractivity contribution is 7.89. The van der Waals surface area contributed by atoms with Crippen molar-refractivity contribution in [3.63, 3.8) is 0 Å². The predicted molar refractivity (Wildman–Crippen MR) is 66.0 cm³/mol. The smallest absolute Gasteiger partial charge is 0.214 e. The average Bonchev–Trinajstić information content (AvgIpc) is 2.17. The molecule has 5 nitrogen and oxygen atoms in total. The summed E-state index contributed by atoms with van der Waals surface area (Å²) in [7, 11) is 2.19. The quantitative estimate of drug-likeness (QED) is 0.718. The number of sulfonamides is 1. The summed E-state index contributed by atoms with van der Waals surface area (Å²) in [6, 6.07) is 0.441. The molecule has 0 aromatic rings. The van der Waals surface area contributed by atoms with Gasteiger partial charge in [-0.05, 0) is 26.4 Å². The summed E-state index contributed by atoms with van der Waals surface area (Å²) in [5.41, 5.74) is 0. The minimum atomic E-state index is -3.06. The number of nitrogens with one attached hydrogen (secondary N) is 1. The van der Waals surface area contributed by atoms with Gasteiger partial charge in [-0.2, -0.15) is 0 Å². The molecule has 0 saturated carbocycles. The van der Waals surface area contributed by atoms with Crippen LogP contribution in [0.1, 0.15) is 12.8 Å². The fourth-order valence-corrected chi connectivity index (χ4v) is 2.65. The Bertz CT molecular complexity index is 303. The summed E-state index contributed by atoms with van der Waals surface area (Å²) in [6.07, 6.45) is 2.33. The first kappa shape index (κ1) is 13.9. The van der Waals surface area contributed by atoms with E-state index >= 15 is 0 Å². The van der Waals surface area contributed by atoms with Crippen LogP contribution in [0, 0.1) is 0 Å². The first-order valence-electron chi connectivity index (χ1n) is 5.74. The van der Waals surface area contributed by atoms with Gasteiger partial charge in [-0.3, -0.25) is 0 Å². The van der Waals surface area contributed by atoms with Gasteiger partial charge < -0.3 is 10.2 Å². The van der Waals surface area contributed by atoms with E-state index in [9.17, 15) is 8.42 Å². The van der Waals surface area contributed by atoms with Gasteiger partial charge in [0.2, 0.25) is 10.0 Å². The summed E-state index contributed by atoms with van der Waals surface area (Å²) in [5, 5.41) is 3.32.